The van der Waals surface area contributed by atoms with Crippen LogP contribution in [0.5, 0.6) is 0 Å². The summed E-state index contributed by atoms with van der Waals surface area (Å²) in [6, 6.07) is 9.86. The molecule has 10 heteroatoms. The molecule has 144 valence electrons. The van der Waals surface area contributed by atoms with Gasteiger partial charge in [0.05, 0.1) is 9.92 Å². The minimum atomic E-state index is -3.90. The van der Waals surface area contributed by atoms with Crippen LogP contribution in [0.1, 0.15) is 6.92 Å². The normalized spacial score (nSPS) is 12.3. The molecule has 0 radical (unpaired) electrons. The van der Waals surface area contributed by atoms with Gasteiger partial charge in [-0.1, -0.05) is 29.8 Å². The average molecular weight is 415 g/mol. The van der Waals surface area contributed by atoms with Crippen LogP contribution in [0.15, 0.2) is 53.4 Å². The van der Waals surface area contributed by atoms with E-state index in [0.29, 0.717) is 0 Å². The van der Waals surface area contributed by atoms with E-state index >= 15 is 0 Å². The highest BCUT2D eigenvalue weighted by atomic mass is 35.5. The minimum Gasteiger partial charge on any atom is -0.454 e. The van der Waals surface area contributed by atoms with Gasteiger partial charge in [0.25, 0.3) is 5.91 Å². The third kappa shape index (κ3) is 6.02. The van der Waals surface area contributed by atoms with Crippen molar-refractivity contribution in [3.8, 4) is 0 Å². The van der Waals surface area contributed by atoms with E-state index in [1.807, 2.05) is 0 Å². The van der Waals surface area contributed by atoms with Crippen molar-refractivity contribution in [3.05, 3.63) is 59.4 Å². The number of esters is 1. The fourth-order valence-electron chi connectivity index (χ4n) is 1.98. The maximum Gasteiger partial charge on any atom is 0.324 e. The minimum absolute atomic E-state index is 0.00409. The zero-order valence-electron chi connectivity index (χ0n) is 14.1. The molecule has 0 aromatic heterocycles. The largest absolute Gasteiger partial charge is 0.454 e. The van der Waals surface area contributed by atoms with Crippen LogP contribution in [-0.2, 0) is 24.3 Å². The highest BCUT2D eigenvalue weighted by molar-refractivity contribution is 7.89. The topological polar surface area (TPSA) is 102 Å². The third-order valence-corrected chi connectivity index (χ3v) is 5.13. The van der Waals surface area contributed by atoms with Gasteiger partial charge in [-0.2, -0.15) is 4.72 Å². The van der Waals surface area contributed by atoms with E-state index in [4.69, 9.17) is 16.3 Å². The molecule has 0 unspecified atom stereocenters. The molecule has 0 fully saturated rings. The molecule has 27 heavy (non-hydrogen) atoms. The zero-order chi connectivity index (χ0) is 20.0. The van der Waals surface area contributed by atoms with Crippen LogP contribution >= 0.6 is 11.6 Å². The molecule has 2 aromatic carbocycles. The number of carbonyl (C=O) groups excluding carboxylic acids is 2. The fraction of sp³-hybridized carbons (Fsp3) is 0.176. The van der Waals surface area contributed by atoms with Crippen LogP contribution in [0, 0.1) is 5.82 Å². The van der Waals surface area contributed by atoms with Gasteiger partial charge in [-0.25, -0.2) is 12.8 Å². The molecule has 0 spiro atoms. The van der Waals surface area contributed by atoms with Crippen molar-refractivity contribution in [1.82, 2.24) is 4.72 Å². The van der Waals surface area contributed by atoms with E-state index in [0.717, 1.165) is 6.07 Å². The number of carbonyl (C=O) groups is 2. The lowest BCUT2D eigenvalue weighted by atomic mass is 10.3. The summed E-state index contributed by atoms with van der Waals surface area (Å²) in [6.07, 6.45) is 0. The molecule has 2 rings (SSSR count). The Morgan fingerprint density at radius 2 is 1.85 bits per heavy atom. The summed E-state index contributed by atoms with van der Waals surface area (Å²) in [5, 5.41) is 2.20. The van der Waals surface area contributed by atoms with E-state index in [1.54, 1.807) is 18.2 Å². The molecule has 0 bridgehead atoms. The van der Waals surface area contributed by atoms with Gasteiger partial charge in [-0.05, 0) is 37.3 Å². The molecular weight excluding hydrogens is 399 g/mol. The first-order valence-corrected chi connectivity index (χ1v) is 9.54. The average Bonchev–Trinajstić information content (AvgIpc) is 2.63. The second-order valence-corrected chi connectivity index (χ2v) is 7.56. The van der Waals surface area contributed by atoms with Crippen LogP contribution in [0.25, 0.3) is 0 Å². The summed E-state index contributed by atoms with van der Waals surface area (Å²) >= 11 is 5.60. The summed E-state index contributed by atoms with van der Waals surface area (Å²) < 4.78 is 44.3. The maximum atomic E-state index is 13.1. The Hall–Kier alpha value is -2.49. The first-order valence-electron chi connectivity index (χ1n) is 7.68. The lowest BCUT2D eigenvalue weighted by molar-refractivity contribution is -0.148. The number of nitrogens with one attached hydrogen (secondary N) is 2. The van der Waals surface area contributed by atoms with Crippen LogP contribution in [-0.4, -0.2) is 32.9 Å². The van der Waals surface area contributed by atoms with Gasteiger partial charge in [0.15, 0.2) is 6.61 Å². The summed E-state index contributed by atoms with van der Waals surface area (Å²) in [4.78, 5) is 23.7. The molecule has 1 amide bonds. The molecule has 1 atom stereocenters. The Balaban J connectivity index is 1.87. The van der Waals surface area contributed by atoms with Crippen LogP contribution in [0.4, 0.5) is 10.1 Å². The van der Waals surface area contributed by atoms with Crippen molar-refractivity contribution < 1.29 is 27.1 Å². The maximum absolute atomic E-state index is 13.1. The lowest BCUT2D eigenvalue weighted by Crippen LogP contribution is -2.40. The SMILES string of the molecule is C[C@H](NS(=O)(=O)c1ccccc1)C(=O)OCC(=O)Nc1ccc(F)c(Cl)c1. The number of ether oxygens (including phenoxy) is 1. The van der Waals surface area contributed by atoms with Gasteiger partial charge >= 0.3 is 5.97 Å². The number of halogens is 2. The number of amides is 1. The second kappa shape index (κ2) is 8.94. The molecule has 7 nitrogen and oxygen atoms in total. The van der Waals surface area contributed by atoms with E-state index in [9.17, 15) is 22.4 Å². The molecular formula is C17H16ClFN2O5S. The third-order valence-electron chi connectivity index (χ3n) is 3.29. The van der Waals surface area contributed by atoms with E-state index in [1.165, 1.54) is 31.2 Å². The van der Waals surface area contributed by atoms with Crippen LogP contribution < -0.4 is 10.0 Å². The Morgan fingerprint density at radius 3 is 2.48 bits per heavy atom. The second-order valence-electron chi connectivity index (χ2n) is 5.44. The smallest absolute Gasteiger partial charge is 0.324 e. The lowest BCUT2D eigenvalue weighted by Gasteiger charge is -2.14. The molecule has 0 aliphatic carbocycles. The van der Waals surface area contributed by atoms with Gasteiger partial charge in [-0.15, -0.1) is 0 Å². The molecule has 0 heterocycles. The van der Waals surface area contributed by atoms with Gasteiger partial charge in [0.2, 0.25) is 10.0 Å². The van der Waals surface area contributed by atoms with Crippen molar-refractivity contribution in [1.29, 1.82) is 0 Å². The van der Waals surface area contributed by atoms with E-state index in [-0.39, 0.29) is 15.6 Å². The first kappa shape index (κ1) is 20.8. The van der Waals surface area contributed by atoms with Crippen LogP contribution in [0.3, 0.4) is 0 Å². The Morgan fingerprint density at radius 1 is 1.19 bits per heavy atom. The predicted octanol–water partition coefficient (Wildman–Crippen LogP) is 2.33. The van der Waals surface area contributed by atoms with Gasteiger partial charge in [0.1, 0.15) is 11.9 Å². The van der Waals surface area contributed by atoms with Crippen molar-refractivity contribution >= 4 is 39.2 Å². The number of anilines is 1. The molecule has 2 N–H and O–H groups in total. The van der Waals surface area contributed by atoms with E-state index in [2.05, 4.69) is 10.0 Å². The molecule has 0 saturated carbocycles. The number of hydrogen-bond acceptors (Lipinski definition) is 5. The zero-order valence-corrected chi connectivity index (χ0v) is 15.7. The van der Waals surface area contributed by atoms with Gasteiger partial charge in [-0.3, -0.25) is 9.59 Å². The van der Waals surface area contributed by atoms with E-state index < -0.39 is 40.4 Å². The van der Waals surface area contributed by atoms with Gasteiger partial charge < -0.3 is 10.1 Å². The Bertz CT molecular complexity index is 938. The summed E-state index contributed by atoms with van der Waals surface area (Å²) in [5.74, 6) is -2.26. The predicted molar refractivity (Wildman–Crippen MR) is 97.2 cm³/mol. The molecule has 0 saturated heterocycles. The number of benzene rings is 2. The van der Waals surface area contributed by atoms with Crippen LogP contribution in [0.2, 0.25) is 5.02 Å². The monoisotopic (exact) mass is 414 g/mol. The summed E-state index contributed by atoms with van der Waals surface area (Å²) in [7, 11) is -3.90. The molecule has 0 aliphatic heterocycles. The number of sulfonamides is 1. The highest BCUT2D eigenvalue weighted by Crippen LogP contribution is 2.19. The fourth-order valence-corrected chi connectivity index (χ4v) is 3.37. The Kier molecular flexibility index (Phi) is 6.89. The van der Waals surface area contributed by atoms with Crippen molar-refractivity contribution in [2.75, 3.05) is 11.9 Å². The number of rotatable bonds is 7. The van der Waals surface area contributed by atoms with Crippen molar-refractivity contribution in [2.45, 2.75) is 17.9 Å². The van der Waals surface area contributed by atoms with Gasteiger partial charge in [0, 0.05) is 5.69 Å². The molecule has 0 aliphatic rings. The standard InChI is InChI=1S/C17H16ClFN2O5S/c1-11(21-27(24,25)13-5-3-2-4-6-13)17(23)26-10-16(22)20-12-7-8-15(19)14(18)9-12/h2-9,11,21H,10H2,1H3,(H,20,22)/t11-/m0/s1. The number of hydrogen-bond donors (Lipinski definition) is 2. The summed E-state index contributed by atoms with van der Waals surface area (Å²) in [5.41, 5.74) is 0.222. The highest BCUT2D eigenvalue weighted by Gasteiger charge is 2.23. The first-order chi connectivity index (χ1) is 12.7. The summed E-state index contributed by atoms with van der Waals surface area (Å²) in [6.45, 7) is 0.645. The quantitative estimate of drug-likeness (QED) is 0.677. The van der Waals surface area contributed by atoms with Crippen molar-refractivity contribution in [3.63, 3.8) is 0 Å². The molecule has 2 aromatic rings. The Labute approximate surface area is 160 Å². The van der Waals surface area contributed by atoms with Crippen molar-refractivity contribution in [2.24, 2.45) is 0 Å².